The van der Waals surface area contributed by atoms with Gasteiger partial charge >= 0.3 is 0 Å². The molecule has 1 aromatic carbocycles. The minimum Gasteiger partial charge on any atom is -0.274 e. The molecule has 2 heterocycles. The molecular weight excluding hydrogens is 288 g/mol. The molecule has 2 aromatic rings. The van der Waals surface area contributed by atoms with Crippen LogP contribution in [0.15, 0.2) is 42.6 Å². The maximum absolute atomic E-state index is 12.6. The number of carbonyl (C=O) groups is 2. The molecule has 3 rings (SSSR count). The predicted octanol–water partition coefficient (Wildman–Crippen LogP) is 3.09. The second-order valence-corrected chi connectivity index (χ2v) is 5.46. The van der Waals surface area contributed by atoms with Crippen LogP contribution in [0, 0.1) is 6.92 Å². The number of imide groups is 1. The molecule has 0 radical (unpaired) electrons. The molecule has 0 N–H and O–H groups in total. The summed E-state index contributed by atoms with van der Waals surface area (Å²) in [4.78, 5) is 30.2. The van der Waals surface area contributed by atoms with Crippen LogP contribution in [-0.2, 0) is 9.59 Å². The minimum atomic E-state index is -0.488. The van der Waals surface area contributed by atoms with E-state index in [0.29, 0.717) is 10.8 Å². The summed E-state index contributed by atoms with van der Waals surface area (Å²) in [6.07, 6.45) is 1.73. The second-order valence-electron chi connectivity index (χ2n) is 5.02. The van der Waals surface area contributed by atoms with Gasteiger partial charge in [0.25, 0.3) is 0 Å². The van der Waals surface area contributed by atoms with Crippen molar-refractivity contribution in [2.75, 3.05) is 4.90 Å². The lowest BCUT2D eigenvalue weighted by atomic mass is 9.98. The van der Waals surface area contributed by atoms with Crippen molar-refractivity contribution in [3.8, 4) is 0 Å². The SMILES string of the molecule is Cc1cccnc1N1C(=O)CC(c2cccc(Cl)c2)C1=O. The van der Waals surface area contributed by atoms with E-state index in [9.17, 15) is 9.59 Å². The van der Waals surface area contributed by atoms with E-state index in [0.717, 1.165) is 11.1 Å². The molecule has 21 heavy (non-hydrogen) atoms. The highest BCUT2D eigenvalue weighted by Gasteiger charge is 2.41. The summed E-state index contributed by atoms with van der Waals surface area (Å²) in [5, 5.41) is 0.556. The van der Waals surface area contributed by atoms with Gasteiger partial charge in [-0.15, -0.1) is 0 Å². The molecule has 0 saturated carbocycles. The maximum Gasteiger partial charge on any atom is 0.243 e. The summed E-state index contributed by atoms with van der Waals surface area (Å²) < 4.78 is 0. The maximum atomic E-state index is 12.6. The van der Waals surface area contributed by atoms with Crippen LogP contribution in [0.1, 0.15) is 23.5 Å². The van der Waals surface area contributed by atoms with Crippen LogP contribution >= 0.6 is 11.6 Å². The Kier molecular flexibility index (Phi) is 3.47. The van der Waals surface area contributed by atoms with E-state index in [4.69, 9.17) is 11.6 Å². The summed E-state index contributed by atoms with van der Waals surface area (Å²) in [7, 11) is 0. The Labute approximate surface area is 127 Å². The van der Waals surface area contributed by atoms with E-state index in [-0.39, 0.29) is 18.2 Å². The van der Waals surface area contributed by atoms with Gasteiger partial charge in [-0.3, -0.25) is 9.59 Å². The Morgan fingerprint density at radius 2 is 2.05 bits per heavy atom. The first kappa shape index (κ1) is 13.8. The number of rotatable bonds is 2. The van der Waals surface area contributed by atoms with Crippen molar-refractivity contribution in [2.24, 2.45) is 0 Å². The quantitative estimate of drug-likeness (QED) is 0.801. The number of hydrogen-bond acceptors (Lipinski definition) is 3. The summed E-state index contributed by atoms with van der Waals surface area (Å²) >= 11 is 5.96. The van der Waals surface area contributed by atoms with Crippen molar-refractivity contribution in [1.82, 2.24) is 4.98 Å². The number of pyridine rings is 1. The normalized spacial score (nSPS) is 18.4. The first-order valence-corrected chi connectivity index (χ1v) is 6.99. The molecule has 1 aliphatic rings. The summed E-state index contributed by atoms with van der Waals surface area (Å²) in [6, 6.07) is 10.7. The summed E-state index contributed by atoms with van der Waals surface area (Å²) in [5.74, 6) is -0.550. The number of halogens is 1. The van der Waals surface area contributed by atoms with Crippen LogP contribution < -0.4 is 4.90 Å². The second kappa shape index (κ2) is 5.30. The zero-order valence-electron chi connectivity index (χ0n) is 11.4. The van der Waals surface area contributed by atoms with E-state index in [1.54, 1.807) is 30.5 Å². The first-order chi connectivity index (χ1) is 10.1. The van der Waals surface area contributed by atoms with Crippen LogP contribution in [0.2, 0.25) is 5.02 Å². The average Bonchev–Trinajstić information content (AvgIpc) is 2.75. The highest BCUT2D eigenvalue weighted by molar-refractivity contribution is 6.30. The monoisotopic (exact) mass is 300 g/mol. The molecule has 2 amide bonds. The van der Waals surface area contributed by atoms with E-state index in [1.807, 2.05) is 19.1 Å². The largest absolute Gasteiger partial charge is 0.274 e. The molecule has 1 fully saturated rings. The lowest BCUT2D eigenvalue weighted by Crippen LogP contribution is -2.31. The lowest BCUT2D eigenvalue weighted by Gasteiger charge is -2.16. The van der Waals surface area contributed by atoms with E-state index < -0.39 is 5.92 Å². The van der Waals surface area contributed by atoms with Crippen LogP contribution in [0.3, 0.4) is 0 Å². The number of amides is 2. The fourth-order valence-corrected chi connectivity index (χ4v) is 2.75. The van der Waals surface area contributed by atoms with Gasteiger partial charge in [-0.1, -0.05) is 29.8 Å². The third-order valence-corrected chi connectivity index (χ3v) is 3.83. The summed E-state index contributed by atoms with van der Waals surface area (Å²) in [6.45, 7) is 1.83. The molecule has 1 atom stereocenters. The Morgan fingerprint density at radius 3 is 2.76 bits per heavy atom. The van der Waals surface area contributed by atoms with E-state index in [1.165, 1.54) is 4.90 Å². The smallest absolute Gasteiger partial charge is 0.243 e. The number of hydrogen-bond donors (Lipinski definition) is 0. The molecule has 1 saturated heterocycles. The number of anilines is 1. The third kappa shape index (κ3) is 2.43. The van der Waals surface area contributed by atoms with Gasteiger partial charge in [0, 0.05) is 17.6 Å². The van der Waals surface area contributed by atoms with Gasteiger partial charge in [0.05, 0.1) is 5.92 Å². The minimum absolute atomic E-state index is 0.148. The standard InChI is InChI=1S/C16H13ClN2O2/c1-10-4-3-7-18-15(10)19-14(20)9-13(16(19)21)11-5-2-6-12(17)8-11/h2-8,13H,9H2,1H3. The van der Waals surface area contributed by atoms with Crippen molar-refractivity contribution in [2.45, 2.75) is 19.3 Å². The zero-order chi connectivity index (χ0) is 15.0. The highest BCUT2D eigenvalue weighted by Crippen LogP contribution is 2.34. The number of carbonyl (C=O) groups excluding carboxylic acids is 2. The van der Waals surface area contributed by atoms with Crippen molar-refractivity contribution in [3.63, 3.8) is 0 Å². The molecule has 4 nitrogen and oxygen atoms in total. The molecule has 5 heteroatoms. The van der Waals surface area contributed by atoms with Crippen molar-refractivity contribution in [3.05, 3.63) is 58.7 Å². The van der Waals surface area contributed by atoms with Gasteiger partial charge in [0.1, 0.15) is 5.82 Å². The summed E-state index contributed by atoms with van der Waals surface area (Å²) in [5.41, 5.74) is 1.56. The molecule has 1 aliphatic heterocycles. The molecular formula is C16H13ClN2O2. The van der Waals surface area contributed by atoms with Gasteiger partial charge in [-0.05, 0) is 36.2 Å². The van der Waals surface area contributed by atoms with Gasteiger partial charge < -0.3 is 0 Å². The number of nitrogens with zero attached hydrogens (tertiary/aromatic N) is 2. The third-order valence-electron chi connectivity index (χ3n) is 3.59. The van der Waals surface area contributed by atoms with Gasteiger partial charge in [-0.25, -0.2) is 9.88 Å². The Balaban J connectivity index is 1.98. The molecule has 1 aromatic heterocycles. The molecule has 0 bridgehead atoms. The molecule has 0 aliphatic carbocycles. The molecule has 106 valence electrons. The average molecular weight is 301 g/mol. The van der Waals surface area contributed by atoms with Gasteiger partial charge in [0.15, 0.2) is 0 Å². The van der Waals surface area contributed by atoms with Crippen molar-refractivity contribution >= 4 is 29.2 Å². The van der Waals surface area contributed by atoms with Gasteiger partial charge in [-0.2, -0.15) is 0 Å². The first-order valence-electron chi connectivity index (χ1n) is 6.62. The number of aryl methyl sites for hydroxylation is 1. The van der Waals surface area contributed by atoms with Crippen molar-refractivity contribution < 1.29 is 9.59 Å². The van der Waals surface area contributed by atoms with Crippen LogP contribution in [0.5, 0.6) is 0 Å². The van der Waals surface area contributed by atoms with Crippen LogP contribution in [0.4, 0.5) is 5.82 Å². The lowest BCUT2D eigenvalue weighted by molar-refractivity contribution is -0.121. The highest BCUT2D eigenvalue weighted by atomic mass is 35.5. The van der Waals surface area contributed by atoms with Gasteiger partial charge in [0.2, 0.25) is 11.8 Å². The molecule has 0 spiro atoms. The number of benzene rings is 1. The molecule has 1 unspecified atom stereocenters. The Hall–Kier alpha value is -2.20. The predicted molar refractivity (Wildman–Crippen MR) is 80.3 cm³/mol. The van der Waals surface area contributed by atoms with Crippen LogP contribution in [0.25, 0.3) is 0 Å². The fourth-order valence-electron chi connectivity index (χ4n) is 2.55. The Bertz CT molecular complexity index is 730. The Morgan fingerprint density at radius 1 is 1.24 bits per heavy atom. The zero-order valence-corrected chi connectivity index (χ0v) is 12.2. The van der Waals surface area contributed by atoms with E-state index >= 15 is 0 Å². The van der Waals surface area contributed by atoms with Crippen molar-refractivity contribution in [1.29, 1.82) is 0 Å². The number of aromatic nitrogens is 1. The topological polar surface area (TPSA) is 50.3 Å². The van der Waals surface area contributed by atoms with Crippen LogP contribution in [-0.4, -0.2) is 16.8 Å². The van der Waals surface area contributed by atoms with E-state index in [2.05, 4.69) is 4.98 Å². The fraction of sp³-hybridized carbons (Fsp3) is 0.188.